The van der Waals surface area contributed by atoms with Gasteiger partial charge in [0.05, 0.1) is 0 Å². The Labute approximate surface area is 496 Å². The standard InChI is InChI=1S/C82H46O3/c1-5-55-23-35-67(36-24-55)77-73(63-43-31-61(32-44-63)21-19-59-15-11-9-12-16-59)75(79(81(77)83)69-39-27-57(7-3)28-40-69)65-47-51-71(52-48-65)85-72-53-49-66(50-54-72)76-74(64-45-33-62(34-46-64)22-20-60-17-13-10-14-18-60)78(68-37-25-56(6-2)26-38-68)82(84)80(76)70-41-29-58(8-4)30-42-70/h1-4,9-18,23-54H. The highest BCUT2D eigenvalue weighted by Gasteiger charge is 2.37. The van der Waals surface area contributed by atoms with Gasteiger partial charge in [0.1, 0.15) is 11.5 Å². The van der Waals surface area contributed by atoms with Crippen molar-refractivity contribution < 1.29 is 14.3 Å². The minimum absolute atomic E-state index is 0.135. The number of terminal acetylenes is 4. The molecule has 0 unspecified atom stereocenters. The van der Waals surface area contributed by atoms with Crippen molar-refractivity contribution in [3.8, 4) is 84.6 Å². The third kappa shape index (κ3) is 11.0. The predicted octanol–water partition coefficient (Wildman–Crippen LogP) is 16.4. The SMILES string of the molecule is C#Cc1ccc(C2=C(c3ccc(C#Cc4ccccc4)cc3)C(c3ccc(Oc4ccc(C5=C(c6ccc(C#C)cc6)C(=O)C(c6ccc(C#C)cc6)=C5c5ccc(C#Cc6ccccc6)cc5)cc4)cc3)=C(c3ccc(C#C)cc3)C2=O)cc1. The average Bonchev–Trinajstić information content (AvgIpc) is 2.01. The molecule has 0 heterocycles. The number of carbonyl (C=O) groups excluding carboxylic acids is 2. The summed E-state index contributed by atoms with van der Waals surface area (Å²) in [4.78, 5) is 30.6. The van der Waals surface area contributed by atoms with Gasteiger partial charge in [-0.15, -0.1) is 25.7 Å². The summed E-state index contributed by atoms with van der Waals surface area (Å²) < 4.78 is 6.63. The Balaban J connectivity index is 0.929. The maximum absolute atomic E-state index is 15.3. The molecule has 3 nitrogen and oxygen atoms in total. The predicted molar refractivity (Wildman–Crippen MR) is 345 cm³/mol. The summed E-state index contributed by atoms with van der Waals surface area (Å²) in [6, 6.07) is 81.3. The third-order valence-corrected chi connectivity index (χ3v) is 14.9. The first kappa shape index (κ1) is 53.3. The van der Waals surface area contributed by atoms with Gasteiger partial charge in [0.2, 0.25) is 0 Å². The topological polar surface area (TPSA) is 43.4 Å². The number of hydrogen-bond donors (Lipinski definition) is 0. The number of rotatable bonds is 10. The Hall–Kier alpha value is -12.3. The highest BCUT2D eigenvalue weighted by atomic mass is 16.5. The van der Waals surface area contributed by atoms with Gasteiger partial charge >= 0.3 is 0 Å². The van der Waals surface area contributed by atoms with Crippen molar-refractivity contribution in [3.63, 3.8) is 0 Å². The van der Waals surface area contributed by atoms with Crippen LogP contribution in [0.1, 0.15) is 89.0 Å². The Morgan fingerprint density at radius 2 is 0.400 bits per heavy atom. The number of allylic oxidation sites excluding steroid dienone is 8. The van der Waals surface area contributed by atoms with E-state index in [1.54, 1.807) is 0 Å². The molecule has 12 rings (SSSR count). The molecular formula is C82H46O3. The summed E-state index contributed by atoms with van der Waals surface area (Å²) in [6.45, 7) is 0. The van der Waals surface area contributed by atoms with Crippen LogP contribution in [0.5, 0.6) is 11.5 Å². The molecule has 2 aliphatic rings. The van der Waals surface area contributed by atoms with Gasteiger partial charge in [-0.1, -0.05) is 181 Å². The molecule has 0 atom stereocenters. The second-order valence-electron chi connectivity index (χ2n) is 20.1. The van der Waals surface area contributed by atoms with Crippen molar-refractivity contribution in [2.45, 2.75) is 0 Å². The lowest BCUT2D eigenvalue weighted by atomic mass is 9.88. The first-order valence-electron chi connectivity index (χ1n) is 27.4. The molecule has 0 N–H and O–H groups in total. The van der Waals surface area contributed by atoms with Crippen molar-refractivity contribution in [2.75, 3.05) is 0 Å². The number of ether oxygens (including phenoxy) is 1. The maximum atomic E-state index is 15.3. The van der Waals surface area contributed by atoms with Gasteiger partial charge in [-0.3, -0.25) is 9.59 Å². The normalized spacial score (nSPS) is 12.6. The largest absolute Gasteiger partial charge is 0.457 e. The Morgan fingerprint density at radius 3 is 0.624 bits per heavy atom. The number of ketones is 2. The monoisotopic (exact) mass is 1080 g/mol. The zero-order valence-electron chi connectivity index (χ0n) is 45.8. The van der Waals surface area contributed by atoms with Crippen LogP contribution in [0.15, 0.2) is 255 Å². The minimum Gasteiger partial charge on any atom is -0.457 e. The van der Waals surface area contributed by atoms with Gasteiger partial charge in [0.15, 0.2) is 11.6 Å². The molecule has 3 heteroatoms. The smallest absolute Gasteiger partial charge is 0.195 e. The molecule has 0 amide bonds. The van der Waals surface area contributed by atoms with Crippen molar-refractivity contribution >= 4 is 56.2 Å². The Bertz CT molecular complexity index is 4420. The third-order valence-electron chi connectivity index (χ3n) is 14.9. The van der Waals surface area contributed by atoms with E-state index in [9.17, 15) is 0 Å². The lowest BCUT2D eigenvalue weighted by Crippen LogP contribution is -2.02. The fourth-order valence-corrected chi connectivity index (χ4v) is 10.7. The van der Waals surface area contributed by atoms with Crippen LogP contribution in [-0.2, 0) is 9.59 Å². The Kier molecular flexibility index (Phi) is 14.9. The van der Waals surface area contributed by atoms with Gasteiger partial charge in [0.25, 0.3) is 0 Å². The quantitative estimate of drug-likeness (QED) is 0.128. The van der Waals surface area contributed by atoms with E-state index in [4.69, 9.17) is 30.4 Å². The molecule has 0 bridgehead atoms. The zero-order chi connectivity index (χ0) is 58.2. The average molecular weight is 1080 g/mol. The summed E-state index contributed by atoms with van der Waals surface area (Å²) in [5.74, 6) is 24.8. The number of benzene rings is 10. The van der Waals surface area contributed by atoms with E-state index in [1.165, 1.54) is 0 Å². The second kappa shape index (κ2) is 23.8. The zero-order valence-corrected chi connectivity index (χ0v) is 45.8. The molecule has 0 spiro atoms. The van der Waals surface area contributed by atoms with E-state index in [0.29, 0.717) is 56.0 Å². The molecule has 10 aromatic rings. The van der Waals surface area contributed by atoms with Crippen LogP contribution in [0, 0.1) is 73.1 Å². The molecular weight excluding hydrogens is 1030 g/mol. The highest BCUT2D eigenvalue weighted by molar-refractivity contribution is 6.60. The first-order valence-corrected chi connectivity index (χ1v) is 27.4. The fraction of sp³-hybridized carbons (Fsp3) is 0. The summed E-state index contributed by atoms with van der Waals surface area (Å²) in [5, 5.41) is 0. The van der Waals surface area contributed by atoms with Crippen LogP contribution >= 0.6 is 0 Å². The molecule has 392 valence electrons. The van der Waals surface area contributed by atoms with E-state index in [2.05, 4.69) is 47.4 Å². The van der Waals surface area contributed by atoms with Crippen molar-refractivity contribution in [3.05, 3.63) is 344 Å². The lowest BCUT2D eigenvalue weighted by Gasteiger charge is -2.16. The van der Waals surface area contributed by atoms with Gasteiger partial charge in [-0.2, -0.15) is 0 Å². The van der Waals surface area contributed by atoms with Crippen LogP contribution in [0.25, 0.3) is 44.6 Å². The van der Waals surface area contributed by atoms with Crippen LogP contribution in [-0.4, -0.2) is 11.6 Å². The van der Waals surface area contributed by atoms with Crippen molar-refractivity contribution in [1.29, 1.82) is 0 Å². The van der Waals surface area contributed by atoms with Crippen molar-refractivity contribution in [2.24, 2.45) is 0 Å². The van der Waals surface area contributed by atoms with E-state index in [-0.39, 0.29) is 11.6 Å². The molecule has 0 saturated carbocycles. The molecule has 0 aliphatic heterocycles. The molecule has 2 aliphatic carbocycles. The van der Waals surface area contributed by atoms with Crippen LogP contribution in [0.3, 0.4) is 0 Å². The second-order valence-corrected chi connectivity index (χ2v) is 20.1. The first-order chi connectivity index (χ1) is 41.8. The van der Waals surface area contributed by atoms with Gasteiger partial charge in [0, 0.05) is 89.1 Å². The molecule has 85 heavy (non-hydrogen) atoms. The van der Waals surface area contributed by atoms with Crippen LogP contribution in [0.4, 0.5) is 0 Å². The summed E-state index contributed by atoms with van der Waals surface area (Å²) in [6.07, 6.45) is 23.2. The Morgan fingerprint density at radius 1 is 0.212 bits per heavy atom. The van der Waals surface area contributed by atoms with E-state index < -0.39 is 0 Å². The molecule has 0 radical (unpaired) electrons. The van der Waals surface area contributed by atoms with Gasteiger partial charge < -0.3 is 4.74 Å². The molecule has 0 aromatic heterocycles. The van der Waals surface area contributed by atoms with E-state index in [1.807, 2.05) is 255 Å². The maximum Gasteiger partial charge on any atom is 0.195 e. The summed E-state index contributed by atoms with van der Waals surface area (Å²) >= 11 is 0. The number of hydrogen-bond acceptors (Lipinski definition) is 3. The summed E-state index contributed by atoms with van der Waals surface area (Å²) in [5.41, 5.74) is 17.7. The molecule has 0 fully saturated rings. The number of carbonyl (C=O) groups is 2. The molecule has 10 aromatic carbocycles. The minimum atomic E-state index is -0.135. The van der Waals surface area contributed by atoms with E-state index in [0.717, 1.165) is 89.1 Å². The summed E-state index contributed by atoms with van der Waals surface area (Å²) in [7, 11) is 0. The van der Waals surface area contributed by atoms with Crippen LogP contribution in [0.2, 0.25) is 0 Å². The van der Waals surface area contributed by atoms with Gasteiger partial charge in [-0.25, -0.2) is 0 Å². The highest BCUT2D eigenvalue weighted by Crippen LogP contribution is 2.52. The van der Waals surface area contributed by atoms with Crippen LogP contribution < -0.4 is 4.74 Å². The van der Waals surface area contributed by atoms with E-state index >= 15 is 9.59 Å². The van der Waals surface area contributed by atoms with Gasteiger partial charge in [-0.05, 0) is 166 Å². The lowest BCUT2D eigenvalue weighted by molar-refractivity contribution is -0.109. The molecule has 0 saturated heterocycles. The van der Waals surface area contributed by atoms with Crippen molar-refractivity contribution in [1.82, 2.24) is 0 Å². The fourth-order valence-electron chi connectivity index (χ4n) is 10.7. The number of Topliss-reactive ketones (excluding diaryl/α,β-unsaturated/α-hetero) is 2.